The van der Waals surface area contributed by atoms with E-state index >= 15 is 0 Å². The highest BCUT2D eigenvalue weighted by Crippen LogP contribution is 2.22. The molecule has 0 atom stereocenters. The van der Waals surface area contributed by atoms with E-state index < -0.39 is 0 Å². The first-order chi connectivity index (χ1) is 8.79. The molecule has 0 saturated heterocycles. The molecule has 18 heavy (non-hydrogen) atoms. The summed E-state index contributed by atoms with van der Waals surface area (Å²) in [5.74, 6) is 1.69. The summed E-state index contributed by atoms with van der Waals surface area (Å²) in [4.78, 5) is 0. The van der Waals surface area contributed by atoms with Gasteiger partial charge in [0.1, 0.15) is 11.9 Å². The van der Waals surface area contributed by atoms with Gasteiger partial charge in [0.25, 0.3) is 5.82 Å². The predicted molar refractivity (Wildman–Crippen MR) is 68.3 cm³/mol. The molecule has 4 heteroatoms. The molecule has 0 fully saturated rings. The van der Waals surface area contributed by atoms with Gasteiger partial charge >= 0.3 is 0 Å². The van der Waals surface area contributed by atoms with Crippen LogP contribution in [0.15, 0.2) is 30.5 Å². The third kappa shape index (κ3) is 1.74. The number of nitrogens with zero attached hydrogens (tertiary/aromatic N) is 2. The Labute approximate surface area is 106 Å². The van der Waals surface area contributed by atoms with Crippen molar-refractivity contribution < 1.29 is 9.47 Å². The Balaban J connectivity index is 2.02. The summed E-state index contributed by atoms with van der Waals surface area (Å²) in [6, 6.07) is 7.61. The Morgan fingerprint density at radius 1 is 1.22 bits per heavy atom. The van der Waals surface area contributed by atoms with Gasteiger partial charge in [-0.05, 0) is 37.1 Å². The molecular formula is C14H16N2O2. The molecule has 0 bridgehead atoms. The molecule has 1 aromatic heterocycles. The van der Waals surface area contributed by atoms with Crippen LogP contribution in [0.3, 0.4) is 0 Å². The van der Waals surface area contributed by atoms with Gasteiger partial charge in [0.05, 0.1) is 13.7 Å². The van der Waals surface area contributed by atoms with Crippen molar-refractivity contribution in [1.29, 1.82) is 0 Å². The van der Waals surface area contributed by atoms with Crippen molar-refractivity contribution in [2.24, 2.45) is 0 Å². The minimum Gasteiger partial charge on any atom is -0.710 e. The molecule has 0 spiro atoms. The number of ether oxygens (including phenoxy) is 1. The van der Waals surface area contributed by atoms with E-state index in [0.29, 0.717) is 0 Å². The lowest BCUT2D eigenvalue weighted by Crippen LogP contribution is -2.34. The minimum atomic E-state index is 0.731. The van der Waals surface area contributed by atoms with Crippen molar-refractivity contribution >= 4 is 0 Å². The zero-order valence-corrected chi connectivity index (χ0v) is 10.4. The van der Waals surface area contributed by atoms with Crippen LogP contribution in [-0.4, -0.2) is 11.7 Å². The van der Waals surface area contributed by atoms with Gasteiger partial charge in [0, 0.05) is 12.0 Å². The zero-order valence-electron chi connectivity index (χ0n) is 10.4. The summed E-state index contributed by atoms with van der Waals surface area (Å²) in [7, 11) is 1.64. The summed E-state index contributed by atoms with van der Waals surface area (Å²) in [6.07, 6.45) is 5.10. The maximum atomic E-state index is 12.2. The SMILES string of the molecule is COc1ccc(-c2cn3c([n+]2[O-])CCCC3)cc1. The van der Waals surface area contributed by atoms with Crippen molar-refractivity contribution in [3.05, 3.63) is 41.5 Å². The van der Waals surface area contributed by atoms with Crippen LogP contribution < -0.4 is 9.47 Å². The van der Waals surface area contributed by atoms with Crippen molar-refractivity contribution in [3.8, 4) is 17.0 Å². The third-order valence-electron chi connectivity index (χ3n) is 3.50. The molecule has 2 aromatic rings. The standard InChI is InChI=1S/C14H16N2O2/c1-18-12-7-5-11(6-8-12)13-10-15-9-3-2-4-14(15)16(13)17/h5-8,10H,2-4,9H2,1H3. The number of rotatable bonds is 2. The van der Waals surface area contributed by atoms with Crippen LogP contribution in [0.2, 0.25) is 0 Å². The van der Waals surface area contributed by atoms with Gasteiger partial charge in [-0.25, -0.2) is 9.30 Å². The van der Waals surface area contributed by atoms with Crippen molar-refractivity contribution in [2.45, 2.75) is 25.8 Å². The van der Waals surface area contributed by atoms with Crippen LogP contribution in [0, 0.1) is 5.21 Å². The topological polar surface area (TPSA) is 41.1 Å². The monoisotopic (exact) mass is 244 g/mol. The van der Waals surface area contributed by atoms with Gasteiger partial charge in [-0.3, -0.25) is 0 Å². The van der Waals surface area contributed by atoms with Crippen LogP contribution in [0.25, 0.3) is 11.3 Å². The number of aromatic nitrogens is 2. The molecule has 0 amide bonds. The Hall–Kier alpha value is -1.97. The second kappa shape index (κ2) is 4.37. The van der Waals surface area contributed by atoms with E-state index in [-0.39, 0.29) is 0 Å². The summed E-state index contributed by atoms with van der Waals surface area (Å²) >= 11 is 0. The molecular weight excluding hydrogens is 228 g/mol. The van der Waals surface area contributed by atoms with E-state index in [1.54, 1.807) is 7.11 Å². The van der Waals surface area contributed by atoms with E-state index in [4.69, 9.17) is 4.74 Å². The van der Waals surface area contributed by atoms with Crippen molar-refractivity contribution in [3.63, 3.8) is 0 Å². The molecule has 0 N–H and O–H groups in total. The Morgan fingerprint density at radius 2 is 2.00 bits per heavy atom. The molecule has 3 rings (SSSR count). The highest BCUT2D eigenvalue weighted by molar-refractivity contribution is 5.57. The van der Waals surface area contributed by atoms with E-state index in [1.165, 1.54) is 0 Å². The van der Waals surface area contributed by atoms with Crippen LogP contribution >= 0.6 is 0 Å². The van der Waals surface area contributed by atoms with Gasteiger partial charge < -0.3 is 9.94 Å². The number of hydrogen-bond donors (Lipinski definition) is 0. The van der Waals surface area contributed by atoms with E-state index in [2.05, 4.69) is 4.57 Å². The fourth-order valence-corrected chi connectivity index (χ4v) is 2.49. The Kier molecular flexibility index (Phi) is 2.70. The zero-order chi connectivity index (χ0) is 12.5. The highest BCUT2D eigenvalue weighted by Gasteiger charge is 2.22. The fraction of sp³-hybridized carbons (Fsp3) is 0.357. The van der Waals surface area contributed by atoms with Gasteiger partial charge in [0.2, 0.25) is 0 Å². The first kappa shape index (κ1) is 11.1. The molecule has 0 radical (unpaired) electrons. The lowest BCUT2D eigenvalue weighted by molar-refractivity contribution is -0.603. The number of hydrogen-bond acceptors (Lipinski definition) is 2. The molecule has 0 saturated carbocycles. The van der Waals surface area contributed by atoms with E-state index in [0.717, 1.165) is 53.4 Å². The first-order valence-corrected chi connectivity index (χ1v) is 6.25. The number of benzene rings is 1. The molecule has 1 aromatic carbocycles. The average Bonchev–Trinajstić information content (AvgIpc) is 2.77. The third-order valence-corrected chi connectivity index (χ3v) is 3.50. The first-order valence-electron chi connectivity index (χ1n) is 6.25. The Morgan fingerprint density at radius 3 is 2.67 bits per heavy atom. The molecule has 1 aliphatic heterocycles. The smallest absolute Gasteiger partial charge is 0.259 e. The van der Waals surface area contributed by atoms with E-state index in [9.17, 15) is 5.21 Å². The number of aryl methyl sites for hydroxylation is 1. The molecule has 0 unspecified atom stereocenters. The summed E-state index contributed by atoms with van der Waals surface area (Å²) in [5, 5.41) is 12.2. The number of methoxy groups -OCH3 is 1. The lowest BCUT2D eigenvalue weighted by Gasteiger charge is -2.11. The van der Waals surface area contributed by atoms with Crippen molar-refractivity contribution in [2.75, 3.05) is 7.11 Å². The lowest BCUT2D eigenvalue weighted by atomic mass is 10.1. The molecule has 0 aliphatic carbocycles. The van der Waals surface area contributed by atoms with Gasteiger partial charge in [0.15, 0.2) is 5.69 Å². The van der Waals surface area contributed by atoms with Crippen molar-refractivity contribution in [1.82, 2.24) is 4.57 Å². The quantitative estimate of drug-likeness (QED) is 0.600. The highest BCUT2D eigenvalue weighted by atomic mass is 16.5. The number of imidazole rings is 1. The second-order valence-electron chi connectivity index (χ2n) is 4.60. The van der Waals surface area contributed by atoms with Crippen LogP contribution in [0.1, 0.15) is 18.7 Å². The van der Waals surface area contributed by atoms with Crippen LogP contribution in [0.5, 0.6) is 5.75 Å². The summed E-state index contributed by atoms with van der Waals surface area (Å²) < 4.78 is 8.28. The predicted octanol–water partition coefficient (Wildman–Crippen LogP) is 2.13. The molecule has 2 heterocycles. The minimum absolute atomic E-state index is 0.731. The summed E-state index contributed by atoms with van der Waals surface area (Å²) in [6.45, 7) is 0.952. The normalized spacial score (nSPS) is 14.3. The van der Waals surface area contributed by atoms with Gasteiger partial charge in [-0.2, -0.15) is 0 Å². The summed E-state index contributed by atoms with van der Waals surface area (Å²) in [5.41, 5.74) is 1.67. The van der Waals surface area contributed by atoms with Crippen LogP contribution in [-0.2, 0) is 13.0 Å². The van der Waals surface area contributed by atoms with E-state index in [1.807, 2.05) is 30.5 Å². The molecule has 4 nitrogen and oxygen atoms in total. The van der Waals surface area contributed by atoms with Gasteiger partial charge in [-0.15, -0.1) is 0 Å². The van der Waals surface area contributed by atoms with Gasteiger partial charge in [-0.1, -0.05) is 0 Å². The largest absolute Gasteiger partial charge is 0.710 e. The molecule has 1 aliphatic rings. The fourth-order valence-electron chi connectivity index (χ4n) is 2.49. The Bertz CT molecular complexity index is 558. The van der Waals surface area contributed by atoms with Crippen LogP contribution in [0.4, 0.5) is 0 Å². The number of fused-ring (bicyclic) bond motifs is 1. The average molecular weight is 244 g/mol. The maximum absolute atomic E-state index is 12.2. The maximum Gasteiger partial charge on any atom is 0.259 e. The molecule has 94 valence electrons. The second-order valence-corrected chi connectivity index (χ2v) is 4.60.